The predicted octanol–water partition coefficient (Wildman–Crippen LogP) is 4.90. The molecule has 1 unspecified atom stereocenters. The van der Waals surface area contributed by atoms with Crippen LogP contribution in [-0.2, 0) is 0 Å². The van der Waals surface area contributed by atoms with Gasteiger partial charge in [-0.25, -0.2) is 9.18 Å². The van der Waals surface area contributed by atoms with E-state index >= 15 is 0 Å². The Labute approximate surface area is 171 Å². The van der Waals surface area contributed by atoms with E-state index in [4.69, 9.17) is 10.4 Å². The van der Waals surface area contributed by atoms with Crippen LogP contribution in [0.15, 0.2) is 52.9 Å². The number of aliphatic imine (C=N–C) groups is 1. The molecule has 1 aromatic rings. The normalized spacial score (nSPS) is 20.9. The van der Waals surface area contributed by atoms with Gasteiger partial charge in [0.15, 0.2) is 0 Å². The zero-order valence-electron chi connectivity index (χ0n) is 17.0. The molecule has 1 amide bonds. The summed E-state index contributed by atoms with van der Waals surface area (Å²) in [4.78, 5) is 16.8. The van der Waals surface area contributed by atoms with Gasteiger partial charge < -0.3 is 5.32 Å². The summed E-state index contributed by atoms with van der Waals surface area (Å²) >= 11 is 0. The molecule has 1 heterocycles. The Bertz CT molecular complexity index is 852. The lowest BCUT2D eigenvalue weighted by Gasteiger charge is -2.24. The van der Waals surface area contributed by atoms with Crippen molar-refractivity contribution >= 4 is 11.7 Å². The Morgan fingerprint density at radius 1 is 1.34 bits per heavy atom. The SMILES string of the molecule is N=c1ccccn1C(=O)NCCCN=C1CCCC(CCC2=C(F)CCC=C2)C1. The first kappa shape index (κ1) is 21.2. The average Bonchev–Trinajstić information content (AvgIpc) is 2.73. The second-order valence-electron chi connectivity index (χ2n) is 7.86. The molecule has 0 aromatic carbocycles. The maximum absolute atomic E-state index is 13.9. The van der Waals surface area contributed by atoms with E-state index in [2.05, 4.69) is 11.4 Å². The van der Waals surface area contributed by atoms with Gasteiger partial charge in [0.05, 0.1) is 0 Å². The molecular weight excluding hydrogens is 367 g/mol. The topological polar surface area (TPSA) is 70.2 Å². The largest absolute Gasteiger partial charge is 0.337 e. The number of aromatic nitrogens is 1. The third-order valence-electron chi connectivity index (χ3n) is 5.65. The van der Waals surface area contributed by atoms with Gasteiger partial charge in [0.2, 0.25) is 0 Å². The van der Waals surface area contributed by atoms with Crippen LogP contribution in [0.3, 0.4) is 0 Å². The zero-order valence-corrected chi connectivity index (χ0v) is 17.0. The van der Waals surface area contributed by atoms with Crippen molar-refractivity contribution in [3.63, 3.8) is 0 Å². The summed E-state index contributed by atoms with van der Waals surface area (Å²) in [5, 5.41) is 10.6. The Hall–Kier alpha value is -2.50. The van der Waals surface area contributed by atoms with Crippen LogP contribution in [0.2, 0.25) is 0 Å². The first-order chi connectivity index (χ1) is 14.1. The maximum Gasteiger partial charge on any atom is 0.327 e. The lowest BCUT2D eigenvalue weighted by molar-refractivity contribution is 0.241. The molecule has 0 aliphatic heterocycles. The first-order valence-corrected chi connectivity index (χ1v) is 10.7. The quantitative estimate of drug-likeness (QED) is 0.630. The highest BCUT2D eigenvalue weighted by molar-refractivity contribution is 5.85. The summed E-state index contributed by atoms with van der Waals surface area (Å²) in [6, 6.07) is 4.78. The number of amides is 1. The second kappa shape index (κ2) is 10.9. The van der Waals surface area contributed by atoms with Gasteiger partial charge in [-0.2, -0.15) is 0 Å². The summed E-state index contributed by atoms with van der Waals surface area (Å²) in [7, 11) is 0. The highest BCUT2D eigenvalue weighted by Gasteiger charge is 2.19. The molecule has 0 spiro atoms. The Morgan fingerprint density at radius 2 is 2.24 bits per heavy atom. The van der Waals surface area contributed by atoms with Crippen molar-refractivity contribution in [2.24, 2.45) is 10.9 Å². The highest BCUT2D eigenvalue weighted by Crippen LogP contribution is 2.30. The second-order valence-corrected chi connectivity index (χ2v) is 7.86. The number of nitrogens with one attached hydrogen (secondary N) is 2. The molecular formula is C23H31FN4O. The molecule has 1 atom stereocenters. The fourth-order valence-corrected chi connectivity index (χ4v) is 4.00. The van der Waals surface area contributed by atoms with E-state index in [-0.39, 0.29) is 17.3 Å². The molecule has 1 aromatic heterocycles. The molecule has 0 radical (unpaired) electrons. The number of allylic oxidation sites excluding steroid dienone is 4. The Balaban J connectivity index is 1.37. The number of pyridine rings is 1. The molecule has 6 heteroatoms. The van der Waals surface area contributed by atoms with Crippen molar-refractivity contribution in [1.29, 1.82) is 5.41 Å². The van der Waals surface area contributed by atoms with Crippen LogP contribution >= 0.6 is 0 Å². The van der Waals surface area contributed by atoms with Crippen LogP contribution in [0.5, 0.6) is 0 Å². The summed E-state index contributed by atoms with van der Waals surface area (Å²) in [6.07, 6.45) is 14.1. The minimum atomic E-state index is -0.278. The number of rotatable bonds is 7. The van der Waals surface area contributed by atoms with Crippen LogP contribution in [0.1, 0.15) is 57.8 Å². The summed E-state index contributed by atoms with van der Waals surface area (Å²) in [6.45, 7) is 1.25. The number of hydrogen-bond donors (Lipinski definition) is 2. The van der Waals surface area contributed by atoms with Gasteiger partial charge in [-0.15, -0.1) is 0 Å². The highest BCUT2D eigenvalue weighted by atomic mass is 19.1. The third kappa shape index (κ3) is 6.51. The van der Waals surface area contributed by atoms with E-state index in [0.29, 0.717) is 25.4 Å². The molecule has 5 nitrogen and oxygen atoms in total. The summed E-state index contributed by atoms with van der Waals surface area (Å²) < 4.78 is 15.2. The fraction of sp³-hybridized carbons (Fsp3) is 0.522. The molecule has 2 N–H and O–H groups in total. The van der Waals surface area contributed by atoms with Crippen LogP contribution in [0.25, 0.3) is 0 Å². The number of nitrogens with zero attached hydrogens (tertiary/aromatic N) is 2. The van der Waals surface area contributed by atoms with Crippen molar-refractivity contribution in [1.82, 2.24) is 9.88 Å². The Kier molecular flexibility index (Phi) is 7.96. The van der Waals surface area contributed by atoms with Crippen molar-refractivity contribution in [2.75, 3.05) is 13.1 Å². The van der Waals surface area contributed by atoms with Gasteiger partial charge in [0.1, 0.15) is 11.3 Å². The van der Waals surface area contributed by atoms with Crippen LogP contribution < -0.4 is 10.8 Å². The summed E-state index contributed by atoms with van der Waals surface area (Å²) in [5.74, 6) is 0.674. The third-order valence-corrected chi connectivity index (χ3v) is 5.65. The van der Waals surface area contributed by atoms with Crippen LogP contribution in [-0.4, -0.2) is 29.4 Å². The van der Waals surface area contributed by atoms with E-state index < -0.39 is 0 Å². The fourth-order valence-electron chi connectivity index (χ4n) is 4.00. The van der Waals surface area contributed by atoms with Gasteiger partial charge in [-0.3, -0.25) is 15.0 Å². The monoisotopic (exact) mass is 398 g/mol. The molecule has 0 bridgehead atoms. The van der Waals surface area contributed by atoms with E-state index in [1.54, 1.807) is 24.4 Å². The molecule has 2 aliphatic rings. The first-order valence-electron chi connectivity index (χ1n) is 10.7. The molecule has 3 rings (SSSR count). The number of carbonyl (C=O) groups excluding carboxylic acids is 1. The van der Waals surface area contributed by atoms with E-state index in [0.717, 1.165) is 50.5 Å². The number of carbonyl (C=O) groups is 1. The molecule has 2 aliphatic carbocycles. The van der Waals surface area contributed by atoms with Crippen molar-refractivity contribution in [3.8, 4) is 0 Å². The number of hydrogen-bond acceptors (Lipinski definition) is 3. The van der Waals surface area contributed by atoms with E-state index in [1.165, 1.54) is 16.7 Å². The van der Waals surface area contributed by atoms with Crippen LogP contribution in [0.4, 0.5) is 9.18 Å². The smallest absolute Gasteiger partial charge is 0.327 e. The summed E-state index contributed by atoms with van der Waals surface area (Å²) in [5.41, 5.74) is 2.33. The van der Waals surface area contributed by atoms with Gasteiger partial charge in [0.25, 0.3) is 0 Å². The van der Waals surface area contributed by atoms with Gasteiger partial charge in [0, 0.05) is 31.4 Å². The van der Waals surface area contributed by atoms with Crippen molar-refractivity contribution in [2.45, 2.75) is 57.8 Å². The van der Waals surface area contributed by atoms with E-state index in [9.17, 15) is 9.18 Å². The molecule has 1 fully saturated rings. The molecule has 156 valence electrons. The molecule has 29 heavy (non-hydrogen) atoms. The van der Waals surface area contributed by atoms with Gasteiger partial charge in [-0.1, -0.05) is 18.2 Å². The van der Waals surface area contributed by atoms with Crippen molar-refractivity contribution in [3.05, 3.63) is 53.4 Å². The van der Waals surface area contributed by atoms with Gasteiger partial charge in [-0.05, 0) is 75.0 Å². The maximum atomic E-state index is 13.9. The average molecular weight is 399 g/mol. The predicted molar refractivity (Wildman–Crippen MR) is 114 cm³/mol. The Morgan fingerprint density at radius 3 is 3.07 bits per heavy atom. The lowest BCUT2D eigenvalue weighted by atomic mass is 9.83. The number of halogens is 1. The molecule has 0 saturated heterocycles. The zero-order chi connectivity index (χ0) is 20.5. The van der Waals surface area contributed by atoms with Gasteiger partial charge >= 0.3 is 6.03 Å². The van der Waals surface area contributed by atoms with Crippen LogP contribution in [0, 0.1) is 11.3 Å². The standard InChI is InChI=1S/C23H31FN4O/c24-21-10-2-1-8-19(21)13-12-18-7-5-9-20(17-18)26-14-6-15-27-23(29)28-16-4-3-11-22(28)25/h1,3-4,8,11,16,18,25H,2,5-7,9-10,12-15,17H2,(H,27,29). The van der Waals surface area contributed by atoms with Crippen molar-refractivity contribution < 1.29 is 9.18 Å². The van der Waals surface area contributed by atoms with E-state index in [1.807, 2.05) is 6.08 Å². The lowest BCUT2D eigenvalue weighted by Crippen LogP contribution is -2.36. The minimum absolute atomic E-state index is 0.0745. The molecule has 1 saturated carbocycles. The minimum Gasteiger partial charge on any atom is -0.337 e.